The lowest BCUT2D eigenvalue weighted by Gasteiger charge is -2.34. The van der Waals surface area contributed by atoms with Crippen LogP contribution in [-0.2, 0) is 16.1 Å². The molecule has 1 aliphatic rings. The van der Waals surface area contributed by atoms with Crippen LogP contribution >= 0.6 is 0 Å². The van der Waals surface area contributed by atoms with Crippen molar-refractivity contribution >= 4 is 11.9 Å². The zero-order valence-corrected chi connectivity index (χ0v) is 14.7. The van der Waals surface area contributed by atoms with E-state index in [9.17, 15) is 9.59 Å². The molecular weight excluding hydrogens is 306 g/mol. The summed E-state index contributed by atoms with van der Waals surface area (Å²) in [5, 5.41) is 8.61. The number of carboxylic acid groups (broad SMARTS) is 1. The third-order valence-corrected chi connectivity index (χ3v) is 4.98. The minimum Gasteiger partial charge on any atom is -0.482 e. The van der Waals surface area contributed by atoms with Gasteiger partial charge in [-0.15, -0.1) is 0 Å². The number of carbonyl (C=O) groups is 2. The van der Waals surface area contributed by atoms with Crippen LogP contribution in [0.4, 0.5) is 0 Å². The zero-order valence-electron chi connectivity index (χ0n) is 14.7. The lowest BCUT2D eigenvalue weighted by atomic mass is 9.76. The van der Waals surface area contributed by atoms with Crippen molar-refractivity contribution in [2.24, 2.45) is 11.3 Å². The summed E-state index contributed by atoms with van der Waals surface area (Å²) >= 11 is 0. The van der Waals surface area contributed by atoms with E-state index in [1.165, 1.54) is 12.8 Å². The molecule has 1 saturated carbocycles. The van der Waals surface area contributed by atoms with Crippen LogP contribution in [0.25, 0.3) is 0 Å². The Kier molecular flexibility index (Phi) is 5.86. The first kappa shape index (κ1) is 18.3. The molecule has 24 heavy (non-hydrogen) atoms. The van der Waals surface area contributed by atoms with E-state index in [0.717, 1.165) is 18.4 Å². The molecule has 1 N–H and O–H groups in total. The fraction of sp³-hybridized carbons (Fsp3) is 0.579. The summed E-state index contributed by atoms with van der Waals surface area (Å²) in [6.07, 6.45) is 4.73. The second kappa shape index (κ2) is 7.69. The maximum Gasteiger partial charge on any atom is 0.341 e. The van der Waals surface area contributed by atoms with Gasteiger partial charge >= 0.3 is 5.97 Å². The molecule has 1 amide bonds. The van der Waals surface area contributed by atoms with Gasteiger partial charge < -0.3 is 14.7 Å². The Morgan fingerprint density at radius 3 is 2.33 bits per heavy atom. The van der Waals surface area contributed by atoms with Crippen molar-refractivity contribution in [3.63, 3.8) is 0 Å². The molecule has 1 aromatic carbocycles. The lowest BCUT2D eigenvalue weighted by molar-refractivity contribution is -0.142. The van der Waals surface area contributed by atoms with E-state index in [-0.39, 0.29) is 17.9 Å². The number of hydrogen-bond donors (Lipinski definition) is 1. The van der Waals surface area contributed by atoms with Crippen molar-refractivity contribution < 1.29 is 19.4 Å². The Hall–Kier alpha value is -2.04. The molecule has 2 rings (SSSR count). The van der Waals surface area contributed by atoms with E-state index < -0.39 is 5.97 Å². The summed E-state index contributed by atoms with van der Waals surface area (Å²) in [4.78, 5) is 25.1. The molecule has 0 spiro atoms. The fourth-order valence-corrected chi connectivity index (χ4v) is 3.50. The van der Waals surface area contributed by atoms with Gasteiger partial charge in [-0.1, -0.05) is 38.8 Å². The van der Waals surface area contributed by atoms with Gasteiger partial charge in [-0.3, -0.25) is 4.79 Å². The van der Waals surface area contributed by atoms with Crippen LogP contribution in [0.15, 0.2) is 24.3 Å². The second-order valence-corrected chi connectivity index (χ2v) is 7.19. The number of nitrogens with zero attached hydrogens (tertiary/aromatic N) is 1. The monoisotopic (exact) mass is 333 g/mol. The SMILES string of the molecule is CN(Cc1ccc(OCC(=O)O)cc1)C(=O)C(C)(C)C1CCCC1. The van der Waals surface area contributed by atoms with Gasteiger partial charge in [-0.2, -0.15) is 0 Å². The quantitative estimate of drug-likeness (QED) is 0.831. The molecule has 5 nitrogen and oxygen atoms in total. The number of hydrogen-bond acceptors (Lipinski definition) is 3. The molecule has 1 fully saturated rings. The Balaban J connectivity index is 1.94. The first-order chi connectivity index (χ1) is 11.3. The molecule has 1 aromatic rings. The van der Waals surface area contributed by atoms with Crippen LogP contribution in [0.1, 0.15) is 45.1 Å². The van der Waals surface area contributed by atoms with Crippen LogP contribution in [-0.4, -0.2) is 35.5 Å². The van der Waals surface area contributed by atoms with E-state index in [1.807, 2.05) is 19.2 Å². The topological polar surface area (TPSA) is 66.8 Å². The molecule has 0 unspecified atom stereocenters. The molecule has 5 heteroatoms. The minimum atomic E-state index is -1.00. The number of ether oxygens (including phenoxy) is 1. The summed E-state index contributed by atoms with van der Waals surface area (Å²) in [6.45, 7) is 4.30. The average Bonchev–Trinajstić information content (AvgIpc) is 3.08. The van der Waals surface area contributed by atoms with Crippen LogP contribution in [0.3, 0.4) is 0 Å². The third-order valence-electron chi connectivity index (χ3n) is 4.98. The first-order valence-electron chi connectivity index (χ1n) is 8.50. The normalized spacial score (nSPS) is 15.3. The highest BCUT2D eigenvalue weighted by Crippen LogP contribution is 2.40. The Labute approximate surface area is 143 Å². The highest BCUT2D eigenvalue weighted by Gasteiger charge is 2.39. The van der Waals surface area contributed by atoms with E-state index in [0.29, 0.717) is 18.2 Å². The Bertz CT molecular complexity index is 574. The molecule has 132 valence electrons. The average molecular weight is 333 g/mol. The lowest BCUT2D eigenvalue weighted by Crippen LogP contribution is -2.42. The second-order valence-electron chi connectivity index (χ2n) is 7.19. The number of carbonyl (C=O) groups excluding carboxylic acids is 1. The zero-order chi connectivity index (χ0) is 17.7. The van der Waals surface area contributed by atoms with Gasteiger partial charge in [-0.25, -0.2) is 4.79 Å². The highest BCUT2D eigenvalue weighted by atomic mass is 16.5. The molecule has 0 saturated heterocycles. The van der Waals surface area contributed by atoms with Crippen molar-refractivity contribution in [2.45, 2.75) is 46.1 Å². The van der Waals surface area contributed by atoms with Gasteiger partial charge in [0.2, 0.25) is 5.91 Å². The third kappa shape index (κ3) is 4.49. The highest BCUT2D eigenvalue weighted by molar-refractivity contribution is 5.82. The van der Waals surface area contributed by atoms with E-state index in [4.69, 9.17) is 9.84 Å². The first-order valence-corrected chi connectivity index (χ1v) is 8.50. The predicted octanol–water partition coefficient (Wildman–Crippen LogP) is 3.32. The largest absolute Gasteiger partial charge is 0.482 e. The molecule has 0 radical (unpaired) electrons. The number of rotatable bonds is 7. The fourth-order valence-electron chi connectivity index (χ4n) is 3.50. The van der Waals surface area contributed by atoms with Crippen LogP contribution in [0.5, 0.6) is 5.75 Å². The van der Waals surface area contributed by atoms with Crippen molar-refractivity contribution in [1.29, 1.82) is 0 Å². The van der Waals surface area contributed by atoms with Gasteiger partial charge in [0, 0.05) is 19.0 Å². The van der Waals surface area contributed by atoms with Crippen LogP contribution in [0, 0.1) is 11.3 Å². The Morgan fingerprint density at radius 1 is 1.21 bits per heavy atom. The smallest absolute Gasteiger partial charge is 0.341 e. The molecule has 1 aliphatic carbocycles. The van der Waals surface area contributed by atoms with E-state index in [2.05, 4.69) is 13.8 Å². The van der Waals surface area contributed by atoms with Gasteiger partial charge in [0.25, 0.3) is 0 Å². The standard InChI is InChI=1S/C19H27NO4/c1-19(2,15-6-4-5-7-15)18(23)20(3)12-14-8-10-16(11-9-14)24-13-17(21)22/h8-11,15H,4-7,12-13H2,1-3H3,(H,21,22). The maximum atomic E-state index is 12.8. The van der Waals surface area contributed by atoms with Crippen molar-refractivity contribution in [1.82, 2.24) is 4.90 Å². The van der Waals surface area contributed by atoms with Gasteiger partial charge in [0.05, 0.1) is 0 Å². The predicted molar refractivity (Wildman–Crippen MR) is 91.8 cm³/mol. The summed E-state index contributed by atoms with van der Waals surface area (Å²) in [6, 6.07) is 7.20. The van der Waals surface area contributed by atoms with E-state index >= 15 is 0 Å². The van der Waals surface area contributed by atoms with Gasteiger partial charge in [0.1, 0.15) is 5.75 Å². The molecule has 0 bridgehead atoms. The number of amides is 1. The number of aliphatic carboxylic acids is 1. The summed E-state index contributed by atoms with van der Waals surface area (Å²) in [5.74, 6) is 0.166. The minimum absolute atomic E-state index is 0.181. The molecule has 0 atom stereocenters. The van der Waals surface area contributed by atoms with Crippen LogP contribution in [0.2, 0.25) is 0 Å². The Morgan fingerprint density at radius 2 is 1.79 bits per heavy atom. The number of benzene rings is 1. The van der Waals surface area contributed by atoms with E-state index in [1.54, 1.807) is 17.0 Å². The number of carboxylic acids is 1. The van der Waals surface area contributed by atoms with Crippen molar-refractivity contribution in [2.75, 3.05) is 13.7 Å². The summed E-state index contributed by atoms with van der Waals surface area (Å²) in [5.41, 5.74) is 0.672. The maximum absolute atomic E-state index is 12.8. The molecular formula is C19H27NO4. The summed E-state index contributed by atoms with van der Waals surface area (Å²) in [7, 11) is 1.84. The van der Waals surface area contributed by atoms with Gasteiger partial charge in [0.15, 0.2) is 6.61 Å². The molecule has 0 aromatic heterocycles. The molecule has 0 heterocycles. The summed E-state index contributed by atoms with van der Waals surface area (Å²) < 4.78 is 5.12. The van der Waals surface area contributed by atoms with Gasteiger partial charge in [-0.05, 0) is 36.5 Å². The molecule has 0 aliphatic heterocycles. The van der Waals surface area contributed by atoms with Crippen LogP contribution < -0.4 is 4.74 Å². The van der Waals surface area contributed by atoms with Crippen molar-refractivity contribution in [3.8, 4) is 5.75 Å². The van der Waals surface area contributed by atoms with Crippen molar-refractivity contribution in [3.05, 3.63) is 29.8 Å².